The molecule has 1 heterocycles. The average molecular weight is 348 g/mol. The van der Waals surface area contributed by atoms with Crippen LogP contribution in [0.4, 0.5) is 4.39 Å². The van der Waals surface area contributed by atoms with E-state index < -0.39 is 0 Å². The minimum atomic E-state index is -0.244. The largest absolute Gasteiger partial charge is 0.393 e. The van der Waals surface area contributed by atoms with Crippen molar-refractivity contribution >= 4 is 5.91 Å². The summed E-state index contributed by atoms with van der Waals surface area (Å²) >= 11 is 0. The lowest BCUT2D eigenvalue weighted by Crippen LogP contribution is -2.48. The Hall–Kier alpha value is -1.46. The summed E-state index contributed by atoms with van der Waals surface area (Å²) in [5.74, 6) is -0.0845. The van der Waals surface area contributed by atoms with Gasteiger partial charge in [-0.1, -0.05) is 31.4 Å². The molecular formula is C20H29FN2O2. The Bertz CT molecular complexity index is 549. The van der Waals surface area contributed by atoms with Gasteiger partial charge in [-0.15, -0.1) is 0 Å². The van der Waals surface area contributed by atoms with E-state index in [4.69, 9.17) is 0 Å². The topological polar surface area (TPSA) is 43.8 Å². The van der Waals surface area contributed by atoms with Crippen LogP contribution < -0.4 is 0 Å². The fourth-order valence-electron chi connectivity index (χ4n) is 3.96. The lowest BCUT2D eigenvalue weighted by Gasteiger charge is -2.37. The van der Waals surface area contributed by atoms with Crippen molar-refractivity contribution < 1.29 is 14.3 Å². The van der Waals surface area contributed by atoms with Crippen molar-refractivity contribution in [2.24, 2.45) is 0 Å². The summed E-state index contributed by atoms with van der Waals surface area (Å²) < 4.78 is 13.2. The number of carbonyl (C=O) groups excluding carboxylic acids is 1. The van der Waals surface area contributed by atoms with E-state index in [2.05, 4.69) is 4.90 Å². The van der Waals surface area contributed by atoms with Crippen LogP contribution in [0.1, 0.15) is 50.5 Å². The third-order valence-corrected chi connectivity index (χ3v) is 5.52. The summed E-state index contributed by atoms with van der Waals surface area (Å²) in [6.45, 7) is 2.54. The molecule has 4 nitrogen and oxygen atoms in total. The molecule has 2 fully saturated rings. The molecule has 0 atom stereocenters. The third-order valence-electron chi connectivity index (χ3n) is 5.52. The fourth-order valence-corrected chi connectivity index (χ4v) is 3.96. The molecule has 1 saturated carbocycles. The van der Waals surface area contributed by atoms with Gasteiger partial charge in [-0.25, -0.2) is 4.39 Å². The van der Waals surface area contributed by atoms with Gasteiger partial charge in [0.25, 0.3) is 0 Å². The molecule has 0 bridgehead atoms. The highest BCUT2D eigenvalue weighted by Gasteiger charge is 2.28. The molecule has 1 aliphatic heterocycles. The number of aliphatic hydroxyl groups is 1. The Morgan fingerprint density at radius 2 is 1.72 bits per heavy atom. The Kier molecular flexibility index (Phi) is 6.43. The number of carbonyl (C=O) groups is 1. The van der Waals surface area contributed by atoms with Gasteiger partial charge in [0.1, 0.15) is 5.82 Å². The van der Waals surface area contributed by atoms with E-state index in [0.29, 0.717) is 19.1 Å². The van der Waals surface area contributed by atoms with Crippen LogP contribution >= 0.6 is 0 Å². The minimum absolute atomic E-state index is 0.160. The molecule has 138 valence electrons. The van der Waals surface area contributed by atoms with Gasteiger partial charge in [0.15, 0.2) is 0 Å². The molecule has 0 spiro atoms. The van der Waals surface area contributed by atoms with E-state index in [1.165, 1.54) is 31.4 Å². The number of rotatable bonds is 5. The molecule has 1 saturated heterocycles. The number of nitrogens with zero attached hydrogens (tertiary/aromatic N) is 2. The van der Waals surface area contributed by atoms with Crippen molar-refractivity contribution in [3.8, 4) is 0 Å². The molecule has 1 aromatic carbocycles. The number of aliphatic hydroxyl groups excluding tert-OH is 1. The molecule has 0 unspecified atom stereocenters. The number of hydrogen-bond donors (Lipinski definition) is 1. The number of benzene rings is 1. The van der Waals surface area contributed by atoms with Crippen molar-refractivity contribution in [1.29, 1.82) is 0 Å². The summed E-state index contributed by atoms with van der Waals surface area (Å²) in [6, 6.07) is 6.77. The summed E-state index contributed by atoms with van der Waals surface area (Å²) in [5.41, 5.74) is 0.981. The number of likely N-dealkylation sites (tertiary alicyclic amines) is 1. The Morgan fingerprint density at radius 3 is 2.36 bits per heavy atom. The quantitative estimate of drug-likeness (QED) is 0.890. The number of piperidine rings is 1. The van der Waals surface area contributed by atoms with Crippen molar-refractivity contribution in [3.05, 3.63) is 35.6 Å². The Labute approximate surface area is 149 Å². The van der Waals surface area contributed by atoms with Crippen LogP contribution in [0.2, 0.25) is 0 Å². The van der Waals surface area contributed by atoms with Gasteiger partial charge >= 0.3 is 0 Å². The Balaban J connectivity index is 1.66. The van der Waals surface area contributed by atoms with Crippen molar-refractivity contribution in [3.63, 3.8) is 0 Å². The lowest BCUT2D eigenvalue weighted by atomic mass is 9.93. The first-order valence-corrected chi connectivity index (χ1v) is 9.56. The maximum absolute atomic E-state index is 13.2. The van der Waals surface area contributed by atoms with E-state index in [-0.39, 0.29) is 17.8 Å². The van der Waals surface area contributed by atoms with Crippen LogP contribution in [0.15, 0.2) is 24.3 Å². The van der Waals surface area contributed by atoms with Gasteiger partial charge in [0.05, 0.1) is 12.6 Å². The first kappa shape index (κ1) is 18.3. The maximum atomic E-state index is 13.2. The second kappa shape index (κ2) is 8.77. The monoisotopic (exact) mass is 348 g/mol. The van der Waals surface area contributed by atoms with Crippen LogP contribution in [-0.2, 0) is 11.3 Å². The van der Waals surface area contributed by atoms with E-state index in [0.717, 1.165) is 44.3 Å². The zero-order chi connectivity index (χ0) is 17.6. The van der Waals surface area contributed by atoms with Gasteiger partial charge in [0.2, 0.25) is 5.91 Å². The normalized spacial score (nSPS) is 20.6. The van der Waals surface area contributed by atoms with Crippen molar-refractivity contribution in [2.75, 3.05) is 19.6 Å². The number of halogens is 1. The molecule has 1 aliphatic carbocycles. The molecule has 1 N–H and O–H groups in total. The van der Waals surface area contributed by atoms with E-state index in [1.54, 1.807) is 12.1 Å². The second-order valence-electron chi connectivity index (χ2n) is 7.45. The third kappa shape index (κ3) is 5.25. The first-order chi connectivity index (χ1) is 12.1. The predicted octanol–water partition coefficient (Wildman–Crippen LogP) is 2.94. The standard InChI is InChI=1S/C20H29FN2O2/c21-17-8-6-16(7-9-17)14-23(18-4-2-1-3-5-18)20(25)15-22-12-10-19(24)11-13-22/h6-9,18-19,24H,1-5,10-15H2. The molecule has 0 radical (unpaired) electrons. The second-order valence-corrected chi connectivity index (χ2v) is 7.45. The van der Waals surface area contributed by atoms with Crippen molar-refractivity contribution in [2.45, 2.75) is 63.6 Å². The molecule has 0 aromatic heterocycles. The highest BCUT2D eigenvalue weighted by atomic mass is 19.1. The molecule has 3 rings (SSSR count). The van der Waals surface area contributed by atoms with Gasteiger partial charge in [-0.2, -0.15) is 0 Å². The highest BCUT2D eigenvalue weighted by Crippen LogP contribution is 2.25. The average Bonchev–Trinajstić information content (AvgIpc) is 2.64. The van der Waals surface area contributed by atoms with Gasteiger partial charge in [-0.05, 0) is 43.4 Å². The number of amides is 1. The molecule has 2 aliphatic rings. The SMILES string of the molecule is O=C(CN1CCC(O)CC1)N(Cc1ccc(F)cc1)C1CCCCC1. The molecule has 5 heteroatoms. The van der Waals surface area contributed by atoms with Gasteiger partial charge in [0, 0.05) is 25.7 Å². The zero-order valence-corrected chi connectivity index (χ0v) is 14.9. The van der Waals surface area contributed by atoms with Gasteiger partial charge in [-0.3, -0.25) is 9.69 Å². The smallest absolute Gasteiger partial charge is 0.237 e. The number of hydrogen-bond acceptors (Lipinski definition) is 3. The van der Waals surface area contributed by atoms with Crippen LogP contribution in [0.5, 0.6) is 0 Å². The van der Waals surface area contributed by atoms with Gasteiger partial charge < -0.3 is 10.0 Å². The molecule has 25 heavy (non-hydrogen) atoms. The summed E-state index contributed by atoms with van der Waals surface area (Å²) in [6.07, 6.45) is 6.99. The summed E-state index contributed by atoms with van der Waals surface area (Å²) in [7, 11) is 0. The first-order valence-electron chi connectivity index (χ1n) is 9.56. The zero-order valence-electron chi connectivity index (χ0n) is 14.9. The van der Waals surface area contributed by atoms with E-state index >= 15 is 0 Å². The fraction of sp³-hybridized carbons (Fsp3) is 0.650. The molecule has 1 amide bonds. The minimum Gasteiger partial charge on any atom is -0.393 e. The lowest BCUT2D eigenvalue weighted by molar-refractivity contribution is -0.136. The van der Waals surface area contributed by atoms with E-state index in [1.807, 2.05) is 4.90 Å². The van der Waals surface area contributed by atoms with E-state index in [9.17, 15) is 14.3 Å². The molecule has 1 aromatic rings. The Morgan fingerprint density at radius 1 is 1.08 bits per heavy atom. The van der Waals surface area contributed by atoms with Crippen molar-refractivity contribution in [1.82, 2.24) is 9.80 Å². The van der Waals surface area contributed by atoms with Crippen LogP contribution in [0, 0.1) is 5.82 Å². The maximum Gasteiger partial charge on any atom is 0.237 e. The molecular weight excluding hydrogens is 319 g/mol. The van der Waals surface area contributed by atoms with Crippen LogP contribution in [0.25, 0.3) is 0 Å². The summed E-state index contributed by atoms with van der Waals surface area (Å²) in [4.78, 5) is 17.2. The summed E-state index contributed by atoms with van der Waals surface area (Å²) in [5, 5.41) is 9.64. The highest BCUT2D eigenvalue weighted by molar-refractivity contribution is 5.78. The predicted molar refractivity (Wildman–Crippen MR) is 95.5 cm³/mol. The van der Waals surface area contributed by atoms with Crippen LogP contribution in [0.3, 0.4) is 0 Å². The van der Waals surface area contributed by atoms with Crippen LogP contribution in [-0.4, -0.2) is 52.6 Å².